The minimum absolute atomic E-state index is 0.170. The summed E-state index contributed by atoms with van der Waals surface area (Å²) in [5, 5.41) is 3.03. The van der Waals surface area contributed by atoms with Gasteiger partial charge in [0, 0.05) is 17.1 Å². The molecule has 0 radical (unpaired) electrons. The van der Waals surface area contributed by atoms with E-state index in [9.17, 15) is 13.2 Å². The zero-order valence-electron chi connectivity index (χ0n) is 10.9. The minimum atomic E-state index is -4.70. The second kappa shape index (κ2) is 6.69. The van der Waals surface area contributed by atoms with Gasteiger partial charge in [-0.3, -0.25) is 0 Å². The highest BCUT2D eigenvalue weighted by Gasteiger charge is 2.34. The zero-order valence-corrected chi connectivity index (χ0v) is 11.8. The van der Waals surface area contributed by atoms with Crippen LogP contribution >= 0.6 is 11.8 Å². The van der Waals surface area contributed by atoms with Gasteiger partial charge in [0.25, 0.3) is 0 Å². The normalized spacial score (nSPS) is 21.5. The quantitative estimate of drug-likeness (QED) is 0.926. The third-order valence-corrected chi connectivity index (χ3v) is 4.02. The van der Waals surface area contributed by atoms with Crippen LogP contribution in [0.15, 0.2) is 24.3 Å². The van der Waals surface area contributed by atoms with E-state index in [2.05, 4.69) is 10.1 Å². The Bertz CT molecular complexity index is 436. The van der Waals surface area contributed by atoms with Crippen molar-refractivity contribution in [1.29, 1.82) is 0 Å². The van der Waals surface area contributed by atoms with E-state index in [4.69, 9.17) is 4.74 Å². The molecule has 2 unspecified atom stereocenters. The Morgan fingerprint density at radius 1 is 1.40 bits per heavy atom. The van der Waals surface area contributed by atoms with Gasteiger partial charge in [0.05, 0.1) is 18.8 Å². The molecule has 0 saturated carbocycles. The first-order valence-electron chi connectivity index (χ1n) is 6.22. The van der Waals surface area contributed by atoms with Gasteiger partial charge in [-0.15, -0.1) is 13.2 Å². The fourth-order valence-corrected chi connectivity index (χ4v) is 3.10. The van der Waals surface area contributed by atoms with Gasteiger partial charge in [0.2, 0.25) is 0 Å². The molecule has 0 bridgehead atoms. The molecule has 1 fully saturated rings. The first kappa shape index (κ1) is 15.5. The van der Waals surface area contributed by atoms with E-state index in [1.807, 2.05) is 0 Å². The number of hydrogen-bond acceptors (Lipinski definition) is 4. The third kappa shape index (κ3) is 4.04. The number of rotatable bonds is 4. The average Bonchev–Trinajstić information content (AvgIpc) is 2.41. The lowest BCUT2D eigenvalue weighted by Crippen LogP contribution is -2.37. The SMILES string of the molecule is CNC(c1ccccc1OC(F)(F)F)C1CSCCO1. The van der Waals surface area contributed by atoms with Crippen LogP contribution in [-0.2, 0) is 4.74 Å². The molecule has 1 N–H and O–H groups in total. The smallest absolute Gasteiger partial charge is 0.405 e. The number of alkyl halides is 3. The Hall–Kier alpha value is -0.920. The predicted molar refractivity (Wildman–Crippen MR) is 72.0 cm³/mol. The maximum atomic E-state index is 12.5. The van der Waals surface area contributed by atoms with Crippen LogP contribution in [0.5, 0.6) is 5.75 Å². The van der Waals surface area contributed by atoms with E-state index in [1.165, 1.54) is 12.1 Å². The molecule has 2 atom stereocenters. The third-order valence-electron chi connectivity index (χ3n) is 3.00. The van der Waals surface area contributed by atoms with Crippen molar-refractivity contribution in [2.75, 3.05) is 25.2 Å². The van der Waals surface area contributed by atoms with Gasteiger partial charge in [-0.2, -0.15) is 11.8 Å². The molecule has 0 aromatic heterocycles. The highest BCUT2D eigenvalue weighted by molar-refractivity contribution is 7.99. The van der Waals surface area contributed by atoms with Gasteiger partial charge in [0.1, 0.15) is 5.75 Å². The molecular weight excluding hydrogens is 291 g/mol. The second-order valence-corrected chi connectivity index (χ2v) is 5.49. The Balaban J connectivity index is 2.24. The van der Waals surface area contributed by atoms with Gasteiger partial charge in [-0.05, 0) is 13.1 Å². The number of thioether (sulfide) groups is 1. The standard InChI is InChI=1S/C13H16F3NO2S/c1-17-12(11-8-20-7-6-18-11)9-4-2-3-5-10(9)19-13(14,15)16/h2-5,11-12,17H,6-8H2,1H3. The molecule has 1 aliphatic rings. The van der Waals surface area contributed by atoms with Crippen molar-refractivity contribution in [2.45, 2.75) is 18.5 Å². The Morgan fingerprint density at radius 3 is 2.75 bits per heavy atom. The van der Waals surface area contributed by atoms with Crippen molar-refractivity contribution in [3.05, 3.63) is 29.8 Å². The van der Waals surface area contributed by atoms with Crippen LogP contribution in [0.25, 0.3) is 0 Å². The van der Waals surface area contributed by atoms with Crippen molar-refractivity contribution in [2.24, 2.45) is 0 Å². The van der Waals surface area contributed by atoms with Crippen LogP contribution in [-0.4, -0.2) is 37.6 Å². The molecule has 112 valence electrons. The van der Waals surface area contributed by atoms with Gasteiger partial charge in [-0.1, -0.05) is 18.2 Å². The summed E-state index contributed by atoms with van der Waals surface area (Å²) < 4.78 is 47.1. The summed E-state index contributed by atoms with van der Waals surface area (Å²) in [6.07, 6.45) is -4.87. The van der Waals surface area contributed by atoms with Crippen LogP contribution in [0.4, 0.5) is 13.2 Å². The summed E-state index contributed by atoms with van der Waals surface area (Å²) in [6, 6.07) is 5.84. The van der Waals surface area contributed by atoms with Crippen molar-refractivity contribution in [3.63, 3.8) is 0 Å². The monoisotopic (exact) mass is 307 g/mol. The van der Waals surface area contributed by atoms with Crippen LogP contribution in [0.2, 0.25) is 0 Å². The van der Waals surface area contributed by atoms with Crippen LogP contribution < -0.4 is 10.1 Å². The Labute approximate surface area is 119 Å². The maximum absolute atomic E-state index is 12.5. The minimum Gasteiger partial charge on any atom is -0.405 e. The number of hydrogen-bond donors (Lipinski definition) is 1. The number of likely N-dealkylation sites (N-methyl/N-ethyl adjacent to an activating group) is 1. The fraction of sp³-hybridized carbons (Fsp3) is 0.538. The number of benzene rings is 1. The Kier molecular flexibility index (Phi) is 5.17. The first-order chi connectivity index (χ1) is 9.51. The molecule has 7 heteroatoms. The van der Waals surface area contributed by atoms with E-state index in [1.54, 1.807) is 30.9 Å². The molecule has 2 rings (SSSR count). The molecule has 1 heterocycles. The van der Waals surface area contributed by atoms with E-state index < -0.39 is 6.36 Å². The number of halogens is 3. The molecule has 1 aromatic rings. The summed E-state index contributed by atoms with van der Waals surface area (Å²) in [5.74, 6) is 1.47. The Morgan fingerprint density at radius 2 is 2.15 bits per heavy atom. The van der Waals surface area contributed by atoms with E-state index >= 15 is 0 Å². The summed E-state index contributed by atoms with van der Waals surface area (Å²) in [5.41, 5.74) is 0.458. The molecular formula is C13H16F3NO2S. The van der Waals surface area contributed by atoms with E-state index in [0.717, 1.165) is 11.5 Å². The second-order valence-electron chi connectivity index (χ2n) is 4.34. The van der Waals surface area contributed by atoms with Gasteiger partial charge < -0.3 is 14.8 Å². The number of ether oxygens (including phenoxy) is 2. The van der Waals surface area contributed by atoms with Gasteiger partial charge in [-0.25, -0.2) is 0 Å². The summed E-state index contributed by atoms with van der Waals surface area (Å²) in [6.45, 7) is 0.607. The highest BCUT2D eigenvalue weighted by atomic mass is 32.2. The lowest BCUT2D eigenvalue weighted by Gasteiger charge is -2.31. The average molecular weight is 307 g/mol. The number of nitrogens with one attached hydrogen (secondary N) is 1. The summed E-state index contributed by atoms with van der Waals surface area (Å²) in [4.78, 5) is 0. The molecule has 1 aromatic carbocycles. The van der Waals surface area contributed by atoms with Crippen molar-refractivity contribution < 1.29 is 22.6 Å². The molecule has 20 heavy (non-hydrogen) atoms. The van der Waals surface area contributed by atoms with Crippen LogP contribution in [0, 0.1) is 0 Å². The summed E-state index contributed by atoms with van der Waals surface area (Å²) in [7, 11) is 1.71. The molecule has 0 spiro atoms. The molecule has 0 amide bonds. The van der Waals surface area contributed by atoms with Crippen molar-refractivity contribution >= 4 is 11.8 Å². The summed E-state index contributed by atoms with van der Waals surface area (Å²) >= 11 is 1.73. The van der Waals surface area contributed by atoms with E-state index in [-0.39, 0.29) is 17.9 Å². The highest BCUT2D eigenvalue weighted by Crippen LogP contribution is 2.34. The molecule has 1 aliphatic heterocycles. The van der Waals surface area contributed by atoms with Crippen LogP contribution in [0.3, 0.4) is 0 Å². The van der Waals surface area contributed by atoms with Gasteiger partial charge in [0.15, 0.2) is 0 Å². The lowest BCUT2D eigenvalue weighted by molar-refractivity contribution is -0.275. The maximum Gasteiger partial charge on any atom is 0.573 e. The van der Waals surface area contributed by atoms with Crippen molar-refractivity contribution in [1.82, 2.24) is 5.32 Å². The van der Waals surface area contributed by atoms with Crippen LogP contribution in [0.1, 0.15) is 11.6 Å². The molecule has 1 saturated heterocycles. The topological polar surface area (TPSA) is 30.5 Å². The number of para-hydroxylation sites is 1. The fourth-order valence-electron chi connectivity index (χ4n) is 2.20. The van der Waals surface area contributed by atoms with E-state index in [0.29, 0.717) is 12.2 Å². The zero-order chi connectivity index (χ0) is 14.6. The first-order valence-corrected chi connectivity index (χ1v) is 7.38. The molecule has 3 nitrogen and oxygen atoms in total. The predicted octanol–water partition coefficient (Wildman–Crippen LogP) is 2.98. The van der Waals surface area contributed by atoms with Crippen molar-refractivity contribution in [3.8, 4) is 5.75 Å². The lowest BCUT2D eigenvalue weighted by atomic mass is 10.0. The molecule has 0 aliphatic carbocycles. The largest absolute Gasteiger partial charge is 0.573 e. The van der Waals surface area contributed by atoms with Gasteiger partial charge >= 0.3 is 6.36 Å².